The molecule has 1 heterocycles. The van der Waals surface area contributed by atoms with Gasteiger partial charge in [-0.2, -0.15) is 13.2 Å². The number of alkyl halides is 3. The van der Waals surface area contributed by atoms with Crippen LogP contribution in [0.4, 0.5) is 13.2 Å². The number of carbonyl (C=O) groups is 1. The van der Waals surface area contributed by atoms with Crippen molar-refractivity contribution in [2.75, 3.05) is 19.7 Å². The second kappa shape index (κ2) is 5.16. The normalized spacial score (nSPS) is 15.6. The fourth-order valence-electron chi connectivity index (χ4n) is 1.64. The Kier molecular flexibility index (Phi) is 3.74. The molecule has 19 heavy (non-hydrogen) atoms. The molecule has 0 aromatic carbocycles. The van der Waals surface area contributed by atoms with E-state index < -0.39 is 31.8 Å². The van der Waals surface area contributed by atoms with Crippen LogP contribution in [-0.2, 0) is 0 Å². The molecule has 0 bridgehead atoms. The lowest BCUT2D eigenvalue weighted by atomic mass is 10.4. The van der Waals surface area contributed by atoms with Crippen LogP contribution in [0.3, 0.4) is 0 Å². The van der Waals surface area contributed by atoms with Gasteiger partial charge in [0.1, 0.15) is 12.4 Å². The summed E-state index contributed by atoms with van der Waals surface area (Å²) in [5.74, 6) is -0.476. The molecule has 1 fully saturated rings. The molecule has 2 rings (SSSR count). The molecular formula is C10H13F3N4O2. The lowest BCUT2D eigenvalue weighted by molar-refractivity contribution is -0.141. The van der Waals surface area contributed by atoms with E-state index in [0.717, 1.165) is 12.8 Å². The van der Waals surface area contributed by atoms with E-state index >= 15 is 0 Å². The van der Waals surface area contributed by atoms with Crippen LogP contribution in [0.25, 0.3) is 0 Å². The SMILES string of the molecule is O=C(c1n[nH]c(C2CC2)n1)N(CCO)CC(F)(F)F. The lowest BCUT2D eigenvalue weighted by Gasteiger charge is -2.21. The van der Waals surface area contributed by atoms with Crippen LogP contribution in [-0.4, -0.2) is 57.0 Å². The van der Waals surface area contributed by atoms with Crippen LogP contribution in [0, 0.1) is 0 Å². The number of hydrogen-bond acceptors (Lipinski definition) is 4. The van der Waals surface area contributed by atoms with Gasteiger partial charge in [0.05, 0.1) is 6.61 Å². The molecule has 0 unspecified atom stereocenters. The van der Waals surface area contributed by atoms with E-state index in [2.05, 4.69) is 15.2 Å². The summed E-state index contributed by atoms with van der Waals surface area (Å²) in [4.78, 5) is 16.2. The van der Waals surface area contributed by atoms with Gasteiger partial charge in [-0.3, -0.25) is 9.89 Å². The summed E-state index contributed by atoms with van der Waals surface area (Å²) in [7, 11) is 0. The molecule has 2 N–H and O–H groups in total. The Hall–Kier alpha value is -1.64. The van der Waals surface area contributed by atoms with E-state index in [1.165, 1.54) is 0 Å². The van der Waals surface area contributed by atoms with Crippen molar-refractivity contribution >= 4 is 5.91 Å². The predicted molar refractivity (Wildman–Crippen MR) is 57.4 cm³/mol. The van der Waals surface area contributed by atoms with Gasteiger partial charge in [0, 0.05) is 12.5 Å². The van der Waals surface area contributed by atoms with Gasteiger partial charge in [-0.25, -0.2) is 4.98 Å². The molecule has 0 aliphatic heterocycles. The van der Waals surface area contributed by atoms with E-state index in [4.69, 9.17) is 5.11 Å². The van der Waals surface area contributed by atoms with Crippen molar-refractivity contribution in [1.29, 1.82) is 0 Å². The molecular weight excluding hydrogens is 265 g/mol. The zero-order valence-electron chi connectivity index (χ0n) is 9.94. The quantitative estimate of drug-likeness (QED) is 0.829. The first kappa shape index (κ1) is 13.8. The van der Waals surface area contributed by atoms with Crippen LogP contribution in [0.5, 0.6) is 0 Å². The van der Waals surface area contributed by atoms with Crippen LogP contribution in [0.15, 0.2) is 0 Å². The van der Waals surface area contributed by atoms with E-state index in [1.807, 2.05) is 0 Å². The molecule has 1 aliphatic rings. The predicted octanol–water partition coefficient (Wildman–Crippen LogP) is 0.679. The maximum atomic E-state index is 12.3. The summed E-state index contributed by atoms with van der Waals surface area (Å²) in [6.45, 7) is -2.40. The fourth-order valence-corrected chi connectivity index (χ4v) is 1.64. The third-order valence-electron chi connectivity index (χ3n) is 2.69. The smallest absolute Gasteiger partial charge is 0.395 e. The fraction of sp³-hybridized carbons (Fsp3) is 0.700. The molecule has 106 valence electrons. The number of aliphatic hydroxyl groups excluding tert-OH is 1. The average Bonchev–Trinajstić information content (AvgIpc) is 3.04. The number of halogens is 3. The second-order valence-electron chi connectivity index (χ2n) is 4.38. The van der Waals surface area contributed by atoms with Crippen molar-refractivity contribution in [1.82, 2.24) is 20.1 Å². The summed E-state index contributed by atoms with van der Waals surface area (Å²) in [5, 5.41) is 14.9. The first-order valence-corrected chi connectivity index (χ1v) is 5.80. The largest absolute Gasteiger partial charge is 0.406 e. The van der Waals surface area contributed by atoms with Gasteiger partial charge in [0.15, 0.2) is 0 Å². The van der Waals surface area contributed by atoms with Crippen LogP contribution in [0.2, 0.25) is 0 Å². The lowest BCUT2D eigenvalue weighted by Crippen LogP contribution is -2.41. The number of hydrogen-bond donors (Lipinski definition) is 2. The summed E-state index contributed by atoms with van der Waals surface area (Å²) in [6, 6.07) is 0. The summed E-state index contributed by atoms with van der Waals surface area (Å²) < 4.78 is 37.0. The second-order valence-corrected chi connectivity index (χ2v) is 4.38. The van der Waals surface area contributed by atoms with Gasteiger partial charge in [-0.1, -0.05) is 0 Å². The molecule has 1 aromatic heterocycles. The molecule has 1 aliphatic carbocycles. The number of nitrogens with one attached hydrogen (secondary N) is 1. The number of rotatable bonds is 5. The molecule has 6 nitrogen and oxygen atoms in total. The zero-order chi connectivity index (χ0) is 14.0. The minimum Gasteiger partial charge on any atom is -0.395 e. The Morgan fingerprint density at radius 1 is 1.47 bits per heavy atom. The molecule has 0 atom stereocenters. The molecule has 1 saturated carbocycles. The molecule has 0 saturated heterocycles. The molecule has 1 aromatic rings. The molecule has 0 radical (unpaired) electrons. The van der Waals surface area contributed by atoms with Crippen LogP contribution in [0.1, 0.15) is 35.2 Å². The minimum atomic E-state index is -4.53. The standard InChI is InChI=1S/C10H13F3N4O2/c11-10(12,13)5-17(3-4-18)9(19)8-14-7(15-16-8)6-1-2-6/h6,18H,1-5H2,(H,14,15,16). The highest BCUT2D eigenvalue weighted by Crippen LogP contribution is 2.37. The molecule has 0 spiro atoms. The van der Waals surface area contributed by atoms with E-state index in [9.17, 15) is 18.0 Å². The van der Waals surface area contributed by atoms with Gasteiger partial charge in [-0.05, 0) is 12.8 Å². The van der Waals surface area contributed by atoms with E-state index in [-0.39, 0.29) is 11.7 Å². The van der Waals surface area contributed by atoms with Gasteiger partial charge in [0.2, 0.25) is 5.82 Å². The topological polar surface area (TPSA) is 82.1 Å². The zero-order valence-corrected chi connectivity index (χ0v) is 9.94. The highest BCUT2D eigenvalue weighted by molar-refractivity contribution is 5.90. The number of nitrogens with zero attached hydrogens (tertiary/aromatic N) is 3. The average molecular weight is 278 g/mol. The van der Waals surface area contributed by atoms with Crippen molar-refractivity contribution in [2.45, 2.75) is 24.9 Å². The first-order chi connectivity index (χ1) is 8.90. The van der Waals surface area contributed by atoms with Crippen molar-refractivity contribution in [3.05, 3.63) is 11.6 Å². The minimum absolute atomic E-state index is 0.225. The van der Waals surface area contributed by atoms with Crippen LogP contribution >= 0.6 is 0 Å². The Morgan fingerprint density at radius 2 is 2.16 bits per heavy atom. The highest BCUT2D eigenvalue weighted by Gasteiger charge is 2.35. The maximum Gasteiger partial charge on any atom is 0.406 e. The van der Waals surface area contributed by atoms with Crippen LogP contribution < -0.4 is 0 Å². The summed E-state index contributed by atoms with van der Waals surface area (Å²) in [5.41, 5.74) is 0. The van der Waals surface area contributed by atoms with Gasteiger partial charge >= 0.3 is 6.18 Å². The number of aliphatic hydroxyl groups is 1. The van der Waals surface area contributed by atoms with Crippen molar-refractivity contribution in [2.24, 2.45) is 0 Å². The van der Waals surface area contributed by atoms with Gasteiger partial charge in [-0.15, -0.1) is 5.10 Å². The van der Waals surface area contributed by atoms with E-state index in [1.54, 1.807) is 0 Å². The number of amides is 1. The maximum absolute atomic E-state index is 12.3. The number of H-pyrrole nitrogens is 1. The van der Waals surface area contributed by atoms with Crippen molar-refractivity contribution in [3.63, 3.8) is 0 Å². The van der Waals surface area contributed by atoms with E-state index in [0.29, 0.717) is 10.7 Å². The summed E-state index contributed by atoms with van der Waals surface area (Å²) in [6.07, 6.45) is -2.65. The van der Waals surface area contributed by atoms with Crippen molar-refractivity contribution < 1.29 is 23.1 Å². The van der Waals surface area contributed by atoms with Gasteiger partial charge in [0.25, 0.3) is 5.91 Å². The Balaban J connectivity index is 2.08. The third kappa shape index (κ3) is 3.66. The highest BCUT2D eigenvalue weighted by atomic mass is 19.4. The Labute approximate surface area is 106 Å². The number of carbonyl (C=O) groups excluding carboxylic acids is 1. The third-order valence-corrected chi connectivity index (χ3v) is 2.69. The van der Waals surface area contributed by atoms with Gasteiger partial charge < -0.3 is 10.0 Å². The summed E-state index contributed by atoms with van der Waals surface area (Å²) >= 11 is 0. The Bertz CT molecular complexity index is 456. The molecule has 1 amide bonds. The first-order valence-electron chi connectivity index (χ1n) is 5.80. The van der Waals surface area contributed by atoms with Crippen molar-refractivity contribution in [3.8, 4) is 0 Å². The molecule has 9 heteroatoms. The number of aromatic amines is 1. The number of aromatic nitrogens is 3. The monoisotopic (exact) mass is 278 g/mol. The Morgan fingerprint density at radius 3 is 2.68 bits per heavy atom.